The van der Waals surface area contributed by atoms with Gasteiger partial charge in [0.15, 0.2) is 0 Å². The lowest BCUT2D eigenvalue weighted by Crippen LogP contribution is -2.47. The third-order valence-corrected chi connectivity index (χ3v) is 5.98. The molecule has 0 saturated carbocycles. The van der Waals surface area contributed by atoms with Crippen molar-refractivity contribution in [3.05, 3.63) is 51.5 Å². The Bertz CT molecular complexity index is 955. The lowest BCUT2D eigenvalue weighted by Gasteiger charge is -2.32. The van der Waals surface area contributed by atoms with Crippen molar-refractivity contribution in [2.45, 2.75) is 39.2 Å². The van der Waals surface area contributed by atoms with E-state index in [0.717, 1.165) is 45.4 Å². The largest absolute Gasteiger partial charge is 0.513 e. The number of amides is 1. The fourth-order valence-corrected chi connectivity index (χ4v) is 4.44. The lowest BCUT2D eigenvalue weighted by atomic mass is 9.97. The number of carbonyl (C=O) groups is 2. The van der Waals surface area contributed by atoms with Gasteiger partial charge < -0.3 is 24.8 Å². The number of anilines is 1. The summed E-state index contributed by atoms with van der Waals surface area (Å²) in [6, 6.07) is 8.46. The first-order valence-electron chi connectivity index (χ1n) is 10.2. The van der Waals surface area contributed by atoms with Gasteiger partial charge in [0.05, 0.1) is 19.8 Å². The number of hydrogen-bond donors (Lipinski definition) is 1. The van der Waals surface area contributed by atoms with Gasteiger partial charge in [0, 0.05) is 16.7 Å². The minimum Gasteiger partial charge on any atom is -0.497 e. The third kappa shape index (κ3) is 5.37. The average Bonchev–Trinajstić information content (AvgIpc) is 2.74. The van der Waals surface area contributed by atoms with Crippen LogP contribution in [0.4, 0.5) is 10.5 Å². The number of aryl methyl sites for hydroxylation is 2. The molecule has 166 valence electrons. The van der Waals surface area contributed by atoms with Crippen molar-refractivity contribution >= 4 is 33.7 Å². The molecule has 1 aliphatic rings. The number of nitrogens with two attached hydrogens (primary N) is 1. The SMILES string of the molecule is CCOC(=O)Oc1cc(C)c(CC(N)C(=O)N2CCCc3cc(OC)ccc32)c(Br)c1. The summed E-state index contributed by atoms with van der Waals surface area (Å²) < 4.78 is 16.0. The van der Waals surface area contributed by atoms with Gasteiger partial charge in [-0.05, 0) is 80.1 Å². The van der Waals surface area contributed by atoms with Crippen molar-refractivity contribution in [2.75, 3.05) is 25.2 Å². The molecule has 7 nitrogen and oxygen atoms in total. The standard InChI is InChI=1S/C23H27BrN2O5/c1-4-30-23(28)31-17-10-14(2)18(19(24)12-17)13-20(25)22(27)26-9-5-6-15-11-16(29-3)7-8-21(15)26/h7-8,10-12,20H,4-6,9,13,25H2,1-3H3. The molecule has 0 bridgehead atoms. The van der Waals surface area contributed by atoms with Crippen molar-refractivity contribution in [3.8, 4) is 11.5 Å². The van der Waals surface area contributed by atoms with Crippen molar-refractivity contribution < 1.29 is 23.8 Å². The second kappa shape index (κ2) is 10.2. The summed E-state index contributed by atoms with van der Waals surface area (Å²) in [6.07, 6.45) is 1.38. The quantitative estimate of drug-likeness (QED) is 0.482. The van der Waals surface area contributed by atoms with Crippen LogP contribution in [0.3, 0.4) is 0 Å². The van der Waals surface area contributed by atoms with E-state index in [4.69, 9.17) is 19.9 Å². The van der Waals surface area contributed by atoms with Gasteiger partial charge in [-0.1, -0.05) is 15.9 Å². The summed E-state index contributed by atoms with van der Waals surface area (Å²) >= 11 is 3.52. The zero-order valence-corrected chi connectivity index (χ0v) is 19.5. The van der Waals surface area contributed by atoms with Gasteiger partial charge in [-0.25, -0.2) is 4.79 Å². The first-order valence-corrected chi connectivity index (χ1v) is 11.0. The molecule has 0 radical (unpaired) electrons. The van der Waals surface area contributed by atoms with Crippen LogP contribution in [0.15, 0.2) is 34.8 Å². The topological polar surface area (TPSA) is 91.1 Å². The monoisotopic (exact) mass is 490 g/mol. The first kappa shape index (κ1) is 23.1. The van der Waals surface area contributed by atoms with Crippen LogP contribution in [0.1, 0.15) is 30.0 Å². The van der Waals surface area contributed by atoms with Crippen LogP contribution >= 0.6 is 15.9 Å². The van der Waals surface area contributed by atoms with Crippen LogP contribution in [0, 0.1) is 6.92 Å². The van der Waals surface area contributed by atoms with Crippen LogP contribution < -0.4 is 20.1 Å². The van der Waals surface area contributed by atoms with Crippen molar-refractivity contribution in [2.24, 2.45) is 5.73 Å². The van der Waals surface area contributed by atoms with Crippen LogP contribution in [0.2, 0.25) is 0 Å². The van der Waals surface area contributed by atoms with Gasteiger partial charge in [0.1, 0.15) is 11.5 Å². The summed E-state index contributed by atoms with van der Waals surface area (Å²) in [7, 11) is 1.63. The average molecular weight is 491 g/mol. The van der Waals surface area contributed by atoms with Crippen LogP contribution in [-0.4, -0.2) is 38.4 Å². The minimum atomic E-state index is -0.756. The molecule has 1 aliphatic heterocycles. The second-order valence-corrected chi connectivity index (χ2v) is 8.24. The molecule has 2 aromatic rings. The Kier molecular flexibility index (Phi) is 7.56. The normalized spacial score (nSPS) is 13.9. The molecule has 0 aromatic heterocycles. The Balaban J connectivity index is 1.75. The van der Waals surface area contributed by atoms with Crippen LogP contribution in [-0.2, 0) is 22.4 Å². The highest BCUT2D eigenvalue weighted by atomic mass is 79.9. The molecule has 1 amide bonds. The second-order valence-electron chi connectivity index (χ2n) is 7.38. The molecule has 0 spiro atoms. The minimum absolute atomic E-state index is 0.121. The highest BCUT2D eigenvalue weighted by Crippen LogP contribution is 2.32. The number of methoxy groups -OCH3 is 1. The van der Waals surface area contributed by atoms with E-state index in [1.165, 1.54) is 0 Å². The smallest absolute Gasteiger partial charge is 0.497 e. The van der Waals surface area contributed by atoms with E-state index in [9.17, 15) is 9.59 Å². The van der Waals surface area contributed by atoms with E-state index in [0.29, 0.717) is 18.7 Å². The molecule has 8 heteroatoms. The van der Waals surface area contributed by atoms with Gasteiger partial charge in [0.25, 0.3) is 0 Å². The molecular formula is C23H27BrN2O5. The maximum Gasteiger partial charge on any atom is 0.513 e. The number of hydrogen-bond acceptors (Lipinski definition) is 6. The highest BCUT2D eigenvalue weighted by Gasteiger charge is 2.28. The molecule has 3 rings (SSSR count). The molecule has 1 heterocycles. The molecular weight excluding hydrogens is 464 g/mol. The van der Waals surface area contributed by atoms with E-state index in [2.05, 4.69) is 15.9 Å². The summed E-state index contributed by atoms with van der Waals surface area (Å²) in [5, 5.41) is 0. The Labute approximate surface area is 190 Å². The number of ether oxygens (including phenoxy) is 3. The Hall–Kier alpha value is -2.58. The van der Waals surface area contributed by atoms with Gasteiger partial charge in [-0.2, -0.15) is 0 Å². The molecule has 0 fully saturated rings. The Morgan fingerprint density at radius 1 is 1.23 bits per heavy atom. The van der Waals surface area contributed by atoms with Gasteiger partial charge >= 0.3 is 6.16 Å². The Morgan fingerprint density at radius 3 is 2.68 bits per heavy atom. The van der Waals surface area contributed by atoms with E-state index in [-0.39, 0.29) is 12.5 Å². The van der Waals surface area contributed by atoms with E-state index in [1.54, 1.807) is 31.1 Å². The van der Waals surface area contributed by atoms with E-state index < -0.39 is 12.2 Å². The maximum absolute atomic E-state index is 13.2. The van der Waals surface area contributed by atoms with E-state index in [1.807, 2.05) is 25.1 Å². The van der Waals surface area contributed by atoms with Crippen LogP contribution in [0.25, 0.3) is 0 Å². The van der Waals surface area contributed by atoms with Crippen molar-refractivity contribution in [3.63, 3.8) is 0 Å². The molecule has 2 aromatic carbocycles. The fraction of sp³-hybridized carbons (Fsp3) is 0.391. The summed E-state index contributed by atoms with van der Waals surface area (Å²) in [5.41, 5.74) is 10.1. The summed E-state index contributed by atoms with van der Waals surface area (Å²) in [6.45, 7) is 4.47. The zero-order chi connectivity index (χ0) is 22.5. The number of carbonyl (C=O) groups excluding carboxylic acids is 2. The summed E-state index contributed by atoms with van der Waals surface area (Å²) in [5.74, 6) is 1.02. The maximum atomic E-state index is 13.2. The number of rotatable bonds is 6. The fourth-order valence-electron chi connectivity index (χ4n) is 3.74. The third-order valence-electron chi connectivity index (χ3n) is 5.27. The number of nitrogens with zero attached hydrogens (tertiary/aromatic N) is 1. The Morgan fingerprint density at radius 2 is 2.00 bits per heavy atom. The zero-order valence-electron chi connectivity index (χ0n) is 17.9. The number of benzene rings is 2. The van der Waals surface area contributed by atoms with Gasteiger partial charge in [-0.3, -0.25) is 4.79 Å². The van der Waals surface area contributed by atoms with Gasteiger partial charge in [0.2, 0.25) is 5.91 Å². The van der Waals surface area contributed by atoms with Crippen molar-refractivity contribution in [1.82, 2.24) is 0 Å². The first-order chi connectivity index (χ1) is 14.8. The number of fused-ring (bicyclic) bond motifs is 1. The van der Waals surface area contributed by atoms with Crippen molar-refractivity contribution in [1.29, 1.82) is 0 Å². The predicted molar refractivity (Wildman–Crippen MR) is 122 cm³/mol. The highest BCUT2D eigenvalue weighted by molar-refractivity contribution is 9.10. The van der Waals surface area contributed by atoms with Crippen LogP contribution in [0.5, 0.6) is 11.5 Å². The molecule has 31 heavy (non-hydrogen) atoms. The molecule has 0 aliphatic carbocycles. The molecule has 2 N–H and O–H groups in total. The lowest BCUT2D eigenvalue weighted by molar-refractivity contribution is -0.119. The predicted octanol–water partition coefficient (Wildman–Crippen LogP) is 4.15. The van der Waals surface area contributed by atoms with Gasteiger partial charge in [-0.15, -0.1) is 0 Å². The number of halogens is 1. The van der Waals surface area contributed by atoms with E-state index >= 15 is 0 Å². The summed E-state index contributed by atoms with van der Waals surface area (Å²) in [4.78, 5) is 26.5. The molecule has 1 atom stereocenters. The molecule has 1 unspecified atom stereocenters. The molecule has 0 saturated heterocycles.